The molecule has 0 bridgehead atoms. The lowest BCUT2D eigenvalue weighted by Crippen LogP contribution is -2.15. The van der Waals surface area contributed by atoms with Gasteiger partial charge in [-0.05, 0) is 48.5 Å². The third-order valence-electron chi connectivity index (χ3n) is 4.72. The number of hydrogen-bond acceptors (Lipinski definition) is 6. The number of benzene rings is 1. The average molecular weight is 406 g/mol. The molecule has 0 aliphatic heterocycles. The van der Waals surface area contributed by atoms with Gasteiger partial charge < -0.3 is 9.47 Å². The quantitative estimate of drug-likeness (QED) is 0.492. The van der Waals surface area contributed by atoms with E-state index in [0.717, 1.165) is 28.6 Å². The van der Waals surface area contributed by atoms with E-state index >= 15 is 0 Å². The number of anilines is 2. The van der Waals surface area contributed by atoms with E-state index in [1.807, 2.05) is 72.1 Å². The minimum absolute atomic E-state index is 0.528. The molecule has 1 aromatic carbocycles. The zero-order chi connectivity index (χ0) is 20.0. The maximum atomic E-state index is 6.22. The molecule has 0 spiro atoms. The minimum atomic E-state index is 0.528. The highest BCUT2D eigenvalue weighted by Crippen LogP contribution is 2.28. The van der Waals surface area contributed by atoms with Crippen molar-refractivity contribution in [1.82, 2.24) is 39.8 Å². The van der Waals surface area contributed by atoms with Gasteiger partial charge in [0.25, 0.3) is 0 Å². The molecule has 5 rings (SSSR count). The fourth-order valence-corrected chi connectivity index (χ4v) is 3.47. The first kappa shape index (κ1) is 17.4. The summed E-state index contributed by atoms with van der Waals surface area (Å²) in [7, 11) is 1.99. The summed E-state index contributed by atoms with van der Waals surface area (Å²) in [6.07, 6.45) is 3.57. The topological polar surface area (TPSA) is 92.8 Å². The standard InChI is InChI=1S/C19H16ClN9/c1-12-10-17(29-19(22-12)15(20)11-21-29)27(2)13-5-7-14(8-6-13)28-9-3-4-16(28)18-23-25-26-24-18/h3-11H,1-2H3,(H,23,24,25,26). The van der Waals surface area contributed by atoms with Crippen LogP contribution in [-0.2, 0) is 0 Å². The molecule has 0 aliphatic carbocycles. The SMILES string of the molecule is Cc1cc(N(C)c2ccc(-n3cccc3-c3nn[nH]n3)cc2)n2ncc(Cl)c2n1. The highest BCUT2D eigenvalue weighted by molar-refractivity contribution is 6.33. The number of rotatable bonds is 4. The van der Waals surface area contributed by atoms with Crippen molar-refractivity contribution in [1.29, 1.82) is 0 Å². The number of H-pyrrole nitrogens is 1. The molecule has 0 amide bonds. The van der Waals surface area contributed by atoms with Crippen LogP contribution in [-0.4, -0.2) is 46.8 Å². The Bertz CT molecular complexity index is 1290. The van der Waals surface area contributed by atoms with Gasteiger partial charge in [-0.25, -0.2) is 4.98 Å². The van der Waals surface area contributed by atoms with Gasteiger partial charge in [0, 0.05) is 36.4 Å². The maximum Gasteiger partial charge on any atom is 0.221 e. The predicted molar refractivity (Wildman–Crippen MR) is 110 cm³/mol. The fourth-order valence-electron chi connectivity index (χ4n) is 3.30. The van der Waals surface area contributed by atoms with Gasteiger partial charge in [-0.15, -0.1) is 10.2 Å². The first-order valence-electron chi connectivity index (χ1n) is 8.88. The summed E-state index contributed by atoms with van der Waals surface area (Å²) >= 11 is 6.22. The van der Waals surface area contributed by atoms with Crippen molar-refractivity contribution in [3.8, 4) is 17.2 Å². The number of tetrazole rings is 1. The molecule has 10 heteroatoms. The molecular formula is C19H16ClN9. The van der Waals surface area contributed by atoms with Crippen LogP contribution in [0, 0.1) is 6.92 Å². The zero-order valence-corrected chi connectivity index (χ0v) is 16.4. The number of nitrogens with one attached hydrogen (secondary N) is 1. The Morgan fingerprint density at radius 1 is 1.14 bits per heavy atom. The number of nitrogens with zero attached hydrogens (tertiary/aromatic N) is 8. The van der Waals surface area contributed by atoms with Crippen LogP contribution in [0.3, 0.4) is 0 Å². The van der Waals surface area contributed by atoms with E-state index in [1.54, 1.807) is 10.7 Å². The Hall–Kier alpha value is -3.72. The Kier molecular flexibility index (Phi) is 4.02. The summed E-state index contributed by atoms with van der Waals surface area (Å²) in [6, 6.07) is 14.0. The fraction of sp³-hybridized carbons (Fsp3) is 0.105. The van der Waals surface area contributed by atoms with Crippen molar-refractivity contribution in [3.63, 3.8) is 0 Å². The van der Waals surface area contributed by atoms with Crippen LogP contribution < -0.4 is 4.90 Å². The first-order valence-corrected chi connectivity index (χ1v) is 9.26. The second kappa shape index (κ2) is 6.71. The highest BCUT2D eigenvalue weighted by Gasteiger charge is 2.14. The van der Waals surface area contributed by atoms with Crippen molar-refractivity contribution in [2.24, 2.45) is 0 Å². The van der Waals surface area contributed by atoms with Crippen molar-refractivity contribution >= 4 is 28.8 Å². The van der Waals surface area contributed by atoms with E-state index in [9.17, 15) is 0 Å². The van der Waals surface area contributed by atoms with Crippen LogP contribution >= 0.6 is 11.6 Å². The van der Waals surface area contributed by atoms with Crippen LogP contribution in [0.25, 0.3) is 22.9 Å². The summed E-state index contributed by atoms with van der Waals surface area (Å²) in [6.45, 7) is 1.94. The lowest BCUT2D eigenvalue weighted by atomic mass is 10.2. The molecule has 0 aliphatic rings. The molecule has 0 radical (unpaired) electrons. The molecule has 0 unspecified atom stereocenters. The number of aryl methyl sites for hydroxylation is 1. The summed E-state index contributed by atoms with van der Waals surface area (Å²) in [5.41, 5.74) is 4.36. The van der Waals surface area contributed by atoms with Crippen LogP contribution in [0.15, 0.2) is 54.9 Å². The summed E-state index contributed by atoms with van der Waals surface area (Å²) in [5.74, 6) is 1.42. The number of fused-ring (bicyclic) bond motifs is 1. The molecule has 4 heterocycles. The van der Waals surface area contributed by atoms with Crippen molar-refractivity contribution < 1.29 is 0 Å². The molecule has 5 aromatic rings. The van der Waals surface area contributed by atoms with Gasteiger partial charge >= 0.3 is 0 Å². The van der Waals surface area contributed by atoms with Gasteiger partial charge in [-0.1, -0.05) is 11.6 Å². The van der Waals surface area contributed by atoms with Crippen LogP contribution in [0.5, 0.6) is 0 Å². The van der Waals surface area contributed by atoms with E-state index in [0.29, 0.717) is 16.5 Å². The van der Waals surface area contributed by atoms with E-state index in [2.05, 4.69) is 30.7 Å². The normalized spacial score (nSPS) is 11.3. The summed E-state index contributed by atoms with van der Waals surface area (Å²) < 4.78 is 3.75. The Balaban J connectivity index is 1.51. The van der Waals surface area contributed by atoms with Crippen LogP contribution in [0.1, 0.15) is 5.69 Å². The molecule has 0 fully saturated rings. The van der Waals surface area contributed by atoms with E-state index in [1.165, 1.54) is 0 Å². The first-order chi connectivity index (χ1) is 14.1. The van der Waals surface area contributed by atoms with Gasteiger partial charge in [0.2, 0.25) is 5.82 Å². The molecule has 0 saturated carbocycles. The van der Waals surface area contributed by atoms with Crippen LogP contribution in [0.2, 0.25) is 5.02 Å². The average Bonchev–Trinajstić information content (AvgIpc) is 3.48. The zero-order valence-electron chi connectivity index (χ0n) is 15.7. The Morgan fingerprint density at radius 3 is 2.72 bits per heavy atom. The smallest absolute Gasteiger partial charge is 0.221 e. The molecular weight excluding hydrogens is 390 g/mol. The number of hydrogen-bond donors (Lipinski definition) is 1. The lowest BCUT2D eigenvalue weighted by Gasteiger charge is -2.21. The second-order valence-corrected chi connectivity index (χ2v) is 6.97. The van der Waals surface area contributed by atoms with Gasteiger partial charge in [0.1, 0.15) is 10.8 Å². The second-order valence-electron chi connectivity index (χ2n) is 6.56. The highest BCUT2D eigenvalue weighted by atomic mass is 35.5. The molecule has 29 heavy (non-hydrogen) atoms. The predicted octanol–water partition coefficient (Wildman–Crippen LogP) is 3.43. The number of aromatic amines is 1. The summed E-state index contributed by atoms with van der Waals surface area (Å²) in [4.78, 5) is 6.52. The maximum absolute atomic E-state index is 6.22. The number of halogens is 1. The lowest BCUT2D eigenvalue weighted by molar-refractivity contribution is 0.881. The van der Waals surface area contributed by atoms with Crippen molar-refractivity contribution in [3.05, 3.63) is 65.6 Å². The molecule has 1 N–H and O–H groups in total. The molecule has 4 aromatic heterocycles. The molecule has 144 valence electrons. The van der Waals surface area contributed by atoms with Gasteiger partial charge in [0.05, 0.1) is 11.9 Å². The summed E-state index contributed by atoms with van der Waals surface area (Å²) in [5, 5.41) is 19.1. The van der Waals surface area contributed by atoms with Gasteiger partial charge in [-0.3, -0.25) is 0 Å². The Morgan fingerprint density at radius 2 is 1.97 bits per heavy atom. The molecule has 9 nitrogen and oxygen atoms in total. The molecule has 0 atom stereocenters. The van der Waals surface area contributed by atoms with Crippen molar-refractivity contribution in [2.75, 3.05) is 11.9 Å². The van der Waals surface area contributed by atoms with Crippen molar-refractivity contribution in [2.45, 2.75) is 6.92 Å². The third-order valence-corrected chi connectivity index (χ3v) is 4.99. The number of aromatic nitrogens is 8. The molecule has 0 saturated heterocycles. The van der Waals surface area contributed by atoms with E-state index < -0.39 is 0 Å². The van der Waals surface area contributed by atoms with Gasteiger partial charge in [-0.2, -0.15) is 14.8 Å². The third kappa shape index (κ3) is 2.92. The van der Waals surface area contributed by atoms with E-state index in [-0.39, 0.29) is 0 Å². The monoisotopic (exact) mass is 405 g/mol. The largest absolute Gasteiger partial charge is 0.329 e. The van der Waals surface area contributed by atoms with Crippen LogP contribution in [0.4, 0.5) is 11.5 Å². The van der Waals surface area contributed by atoms with E-state index in [4.69, 9.17) is 11.6 Å². The Labute approximate surface area is 170 Å². The minimum Gasteiger partial charge on any atom is -0.329 e. The van der Waals surface area contributed by atoms with Gasteiger partial charge in [0.15, 0.2) is 5.65 Å².